The van der Waals surface area contributed by atoms with E-state index < -0.39 is 0 Å². The fourth-order valence-corrected chi connectivity index (χ4v) is 2.25. The van der Waals surface area contributed by atoms with E-state index in [-0.39, 0.29) is 0 Å². The molecule has 0 amide bonds. The van der Waals surface area contributed by atoms with Crippen molar-refractivity contribution >= 4 is 22.6 Å². The molecule has 0 aromatic heterocycles. The van der Waals surface area contributed by atoms with Crippen molar-refractivity contribution in [2.75, 3.05) is 6.54 Å². The molecule has 2 heteroatoms. The van der Waals surface area contributed by atoms with Crippen LogP contribution in [0.1, 0.15) is 24.1 Å². The van der Waals surface area contributed by atoms with Crippen LogP contribution in [0.4, 0.5) is 0 Å². The van der Waals surface area contributed by atoms with Gasteiger partial charge in [-0.05, 0) is 65.7 Å². The summed E-state index contributed by atoms with van der Waals surface area (Å²) in [6, 6.07) is 7.27. The topological polar surface area (TPSA) is 12.0 Å². The predicted octanol–water partition coefficient (Wildman–Crippen LogP) is 2.50. The first kappa shape index (κ1) is 8.51. The molecule has 1 atom stereocenters. The summed E-state index contributed by atoms with van der Waals surface area (Å²) in [5.41, 5.74) is 3.00. The summed E-state index contributed by atoms with van der Waals surface area (Å²) in [5.74, 6) is 0. The fraction of sp³-hybridized carbons (Fsp3) is 0.400. The molecule has 0 spiro atoms. The molecule has 0 unspecified atom stereocenters. The largest absolute Gasteiger partial charge is 0.310 e. The van der Waals surface area contributed by atoms with Crippen LogP contribution < -0.4 is 5.32 Å². The summed E-state index contributed by atoms with van der Waals surface area (Å²) in [7, 11) is 0. The van der Waals surface area contributed by atoms with Gasteiger partial charge < -0.3 is 5.32 Å². The molecule has 12 heavy (non-hydrogen) atoms. The second kappa shape index (κ2) is 3.34. The van der Waals surface area contributed by atoms with Gasteiger partial charge in [0.2, 0.25) is 0 Å². The zero-order valence-corrected chi connectivity index (χ0v) is 9.26. The van der Waals surface area contributed by atoms with Gasteiger partial charge in [0.15, 0.2) is 0 Å². The Morgan fingerprint density at radius 2 is 2.33 bits per heavy atom. The van der Waals surface area contributed by atoms with Crippen LogP contribution >= 0.6 is 22.6 Å². The van der Waals surface area contributed by atoms with Crippen LogP contribution in [0.25, 0.3) is 0 Å². The Kier molecular flexibility index (Phi) is 2.37. The number of nitrogens with one attached hydrogen (secondary N) is 1. The van der Waals surface area contributed by atoms with Gasteiger partial charge in [-0.25, -0.2) is 0 Å². The second-order valence-electron chi connectivity index (χ2n) is 3.27. The molecule has 64 valence electrons. The monoisotopic (exact) mass is 273 g/mol. The van der Waals surface area contributed by atoms with Crippen molar-refractivity contribution in [3.05, 3.63) is 32.9 Å². The first-order chi connectivity index (χ1) is 5.77. The van der Waals surface area contributed by atoms with Gasteiger partial charge in [0.05, 0.1) is 0 Å². The number of hydrogen-bond donors (Lipinski definition) is 1. The third kappa shape index (κ3) is 1.50. The lowest BCUT2D eigenvalue weighted by atomic mass is 9.96. The molecule has 1 aliphatic rings. The van der Waals surface area contributed by atoms with Crippen LogP contribution in [0, 0.1) is 3.57 Å². The van der Waals surface area contributed by atoms with Crippen molar-refractivity contribution in [1.29, 1.82) is 0 Å². The highest BCUT2D eigenvalue weighted by atomic mass is 127. The smallest absolute Gasteiger partial charge is 0.0295 e. The Labute approximate surface area is 86.7 Å². The molecule has 0 saturated carbocycles. The minimum Gasteiger partial charge on any atom is -0.310 e. The third-order valence-electron chi connectivity index (χ3n) is 2.42. The van der Waals surface area contributed by atoms with Crippen LogP contribution in [-0.4, -0.2) is 6.54 Å². The lowest BCUT2D eigenvalue weighted by Crippen LogP contribution is -2.27. The maximum absolute atomic E-state index is 3.46. The lowest BCUT2D eigenvalue weighted by molar-refractivity contribution is 0.540. The van der Waals surface area contributed by atoms with Crippen LogP contribution in [0.3, 0.4) is 0 Å². The molecule has 0 aliphatic carbocycles. The van der Waals surface area contributed by atoms with Crippen molar-refractivity contribution in [2.45, 2.75) is 19.4 Å². The van der Waals surface area contributed by atoms with E-state index in [4.69, 9.17) is 0 Å². The zero-order valence-electron chi connectivity index (χ0n) is 7.10. The molecule has 0 bridgehead atoms. The number of halogens is 1. The molecule has 2 rings (SSSR count). The van der Waals surface area contributed by atoms with E-state index in [1.165, 1.54) is 21.1 Å². The van der Waals surface area contributed by atoms with E-state index in [1.807, 2.05) is 0 Å². The predicted molar refractivity (Wildman–Crippen MR) is 59.3 cm³/mol. The summed E-state index contributed by atoms with van der Waals surface area (Å²) in [6.45, 7) is 3.35. The normalized spacial score (nSPS) is 22.0. The molecule has 1 aromatic rings. The third-order valence-corrected chi connectivity index (χ3v) is 3.09. The van der Waals surface area contributed by atoms with E-state index in [0.29, 0.717) is 6.04 Å². The van der Waals surface area contributed by atoms with Crippen molar-refractivity contribution in [3.8, 4) is 0 Å². The first-order valence-corrected chi connectivity index (χ1v) is 5.37. The number of hydrogen-bond acceptors (Lipinski definition) is 1. The molecule has 1 aliphatic heterocycles. The van der Waals surface area contributed by atoms with Crippen LogP contribution in [0.5, 0.6) is 0 Å². The highest BCUT2D eigenvalue weighted by Gasteiger charge is 2.14. The molecule has 1 N–H and O–H groups in total. The van der Waals surface area contributed by atoms with E-state index in [1.54, 1.807) is 0 Å². The molecule has 1 heterocycles. The minimum absolute atomic E-state index is 0.531. The van der Waals surface area contributed by atoms with E-state index in [9.17, 15) is 0 Å². The Hall–Kier alpha value is -0.0900. The molecule has 0 radical (unpaired) electrons. The van der Waals surface area contributed by atoms with Crippen LogP contribution in [0.2, 0.25) is 0 Å². The SMILES string of the molecule is C[C@@H]1NCCc2ccc(I)cc21. The summed E-state index contributed by atoms with van der Waals surface area (Å²) in [6.07, 6.45) is 1.18. The van der Waals surface area contributed by atoms with Gasteiger partial charge in [-0.1, -0.05) is 6.07 Å². The number of fused-ring (bicyclic) bond motifs is 1. The van der Waals surface area contributed by atoms with Crippen molar-refractivity contribution < 1.29 is 0 Å². The fourth-order valence-electron chi connectivity index (χ4n) is 1.73. The number of benzene rings is 1. The summed E-state index contributed by atoms with van der Waals surface area (Å²) >= 11 is 2.37. The Morgan fingerprint density at radius 1 is 1.50 bits per heavy atom. The van der Waals surface area contributed by atoms with Gasteiger partial charge in [-0.2, -0.15) is 0 Å². The Balaban J connectivity index is 2.47. The van der Waals surface area contributed by atoms with Gasteiger partial charge in [-0.15, -0.1) is 0 Å². The minimum atomic E-state index is 0.531. The maximum atomic E-state index is 3.46. The standard InChI is InChI=1S/C10H12IN/c1-7-10-6-9(11)3-2-8(10)4-5-12-7/h2-3,6-7,12H,4-5H2,1H3/t7-/m0/s1. The highest BCUT2D eigenvalue weighted by Crippen LogP contribution is 2.23. The van der Waals surface area contributed by atoms with Crippen molar-refractivity contribution in [2.24, 2.45) is 0 Å². The molecule has 1 nitrogen and oxygen atoms in total. The lowest BCUT2D eigenvalue weighted by Gasteiger charge is -2.23. The molecular formula is C10H12IN. The zero-order chi connectivity index (χ0) is 8.55. The molecule has 0 fully saturated rings. The van der Waals surface area contributed by atoms with Gasteiger partial charge in [0.1, 0.15) is 0 Å². The quantitative estimate of drug-likeness (QED) is 0.716. The summed E-state index contributed by atoms with van der Waals surface area (Å²) in [4.78, 5) is 0. The summed E-state index contributed by atoms with van der Waals surface area (Å²) in [5, 5.41) is 3.46. The van der Waals surface area contributed by atoms with E-state index >= 15 is 0 Å². The Bertz CT molecular complexity index is 296. The van der Waals surface area contributed by atoms with Gasteiger partial charge >= 0.3 is 0 Å². The van der Waals surface area contributed by atoms with Crippen LogP contribution in [-0.2, 0) is 6.42 Å². The molecule has 1 aromatic carbocycles. The maximum Gasteiger partial charge on any atom is 0.0295 e. The average Bonchev–Trinajstić information content (AvgIpc) is 2.07. The van der Waals surface area contributed by atoms with Gasteiger partial charge in [0.25, 0.3) is 0 Å². The van der Waals surface area contributed by atoms with Crippen molar-refractivity contribution in [1.82, 2.24) is 5.32 Å². The van der Waals surface area contributed by atoms with E-state index in [0.717, 1.165) is 6.54 Å². The van der Waals surface area contributed by atoms with Crippen molar-refractivity contribution in [3.63, 3.8) is 0 Å². The first-order valence-electron chi connectivity index (χ1n) is 4.29. The molecular weight excluding hydrogens is 261 g/mol. The van der Waals surface area contributed by atoms with Gasteiger partial charge in [0, 0.05) is 9.61 Å². The molecule has 0 saturated heterocycles. The van der Waals surface area contributed by atoms with Crippen LogP contribution in [0.15, 0.2) is 18.2 Å². The highest BCUT2D eigenvalue weighted by molar-refractivity contribution is 14.1. The van der Waals surface area contributed by atoms with Gasteiger partial charge in [-0.3, -0.25) is 0 Å². The average molecular weight is 273 g/mol. The summed E-state index contributed by atoms with van der Waals surface area (Å²) < 4.78 is 1.34. The Morgan fingerprint density at radius 3 is 3.17 bits per heavy atom. The van der Waals surface area contributed by atoms with E-state index in [2.05, 4.69) is 53.0 Å². The second-order valence-corrected chi connectivity index (χ2v) is 4.51. The number of rotatable bonds is 0.